The summed E-state index contributed by atoms with van der Waals surface area (Å²) in [4.78, 5) is 0. The maximum Gasteiger partial charge on any atom is 0 e. The van der Waals surface area contributed by atoms with Gasteiger partial charge in [-0.3, -0.25) is 0 Å². The largest absolute Gasteiger partial charge is 0.748 e. The van der Waals surface area contributed by atoms with E-state index in [0.29, 0.717) is 0 Å². The maximum absolute atomic E-state index is 2.54. The van der Waals surface area contributed by atoms with Gasteiger partial charge in [0.1, 0.15) is 0 Å². The Morgan fingerprint density at radius 3 is 1.39 bits per heavy atom. The average Bonchev–Trinajstić information content (AvgIpc) is 3.53. The van der Waals surface area contributed by atoms with Crippen LogP contribution in [0.2, 0.25) is 0 Å². The Morgan fingerprint density at radius 2 is 1.00 bits per heavy atom. The first-order valence-electron chi connectivity index (χ1n) is 13.7. The summed E-state index contributed by atoms with van der Waals surface area (Å²) in [7, 11) is 0.168. The zero-order valence-electron chi connectivity index (χ0n) is 22.2. The maximum atomic E-state index is 2.54. The molecule has 2 aromatic rings. The summed E-state index contributed by atoms with van der Waals surface area (Å²) in [6, 6.07) is 17.5. The van der Waals surface area contributed by atoms with E-state index in [1.54, 1.807) is 0 Å². The van der Waals surface area contributed by atoms with Crippen LogP contribution in [0.5, 0.6) is 0 Å². The van der Waals surface area contributed by atoms with Crippen molar-refractivity contribution in [2.24, 2.45) is 0 Å². The SMILES string of the molecule is CCCCCP(CCCCC)c1ccc[c-]1P(CCCCC)CCCCC.[Ru].[cH-]1[cH-][cH-][cH-][cH-]1. The molecule has 0 saturated heterocycles. The van der Waals surface area contributed by atoms with Gasteiger partial charge in [0, 0.05) is 19.5 Å². The molecule has 0 aliphatic heterocycles. The van der Waals surface area contributed by atoms with Crippen molar-refractivity contribution in [3.63, 3.8) is 0 Å². The van der Waals surface area contributed by atoms with E-state index in [4.69, 9.17) is 0 Å². The second kappa shape index (κ2) is 23.9. The van der Waals surface area contributed by atoms with E-state index in [1.165, 1.54) is 102 Å². The molecule has 0 atom stereocenters. The fourth-order valence-corrected chi connectivity index (χ4v) is 10.2. The fourth-order valence-electron chi connectivity index (χ4n) is 4.17. The number of rotatable bonds is 18. The zero-order valence-corrected chi connectivity index (χ0v) is 25.7. The third-order valence-electron chi connectivity index (χ3n) is 6.13. The number of hydrogen-bond donors (Lipinski definition) is 0. The van der Waals surface area contributed by atoms with E-state index in [1.807, 2.05) is 40.9 Å². The molecule has 0 amide bonds. The minimum Gasteiger partial charge on any atom is -0.748 e. The van der Waals surface area contributed by atoms with Crippen molar-refractivity contribution in [3.05, 3.63) is 48.5 Å². The molecule has 196 valence electrons. The normalized spacial score (nSPS) is 10.8. The van der Waals surface area contributed by atoms with Crippen LogP contribution in [-0.2, 0) is 19.5 Å². The van der Waals surface area contributed by atoms with Gasteiger partial charge in [0.05, 0.1) is 0 Å². The summed E-state index contributed by atoms with van der Waals surface area (Å²) < 4.78 is 0. The molecule has 0 aromatic heterocycles. The molecule has 0 heterocycles. The van der Waals surface area contributed by atoms with E-state index in [2.05, 4.69) is 45.9 Å². The van der Waals surface area contributed by atoms with Gasteiger partial charge in [0.15, 0.2) is 0 Å². The predicted molar refractivity (Wildman–Crippen MR) is 155 cm³/mol. The van der Waals surface area contributed by atoms with Crippen LogP contribution in [0.3, 0.4) is 0 Å². The van der Waals surface area contributed by atoms with Gasteiger partial charge in [-0.25, -0.2) is 12.1 Å². The van der Waals surface area contributed by atoms with Gasteiger partial charge in [-0.15, -0.1) is 26.5 Å². The van der Waals surface area contributed by atoms with E-state index in [9.17, 15) is 0 Å². The van der Waals surface area contributed by atoms with E-state index >= 15 is 0 Å². The van der Waals surface area contributed by atoms with Crippen molar-refractivity contribution in [1.29, 1.82) is 0 Å². The molecule has 0 nitrogen and oxygen atoms in total. The molecule has 2 aromatic carbocycles. The second-order valence-corrected chi connectivity index (χ2v) is 14.0. The van der Waals surface area contributed by atoms with Gasteiger partial charge < -0.3 is 30.3 Å². The molecule has 0 bridgehead atoms. The van der Waals surface area contributed by atoms with Crippen LogP contribution in [0.15, 0.2) is 48.5 Å². The Hall–Kier alpha value is 0.183. The molecule has 0 aliphatic rings. The monoisotopic (exact) mass is 576 g/mol. The first-order valence-corrected chi connectivity index (χ1v) is 17.1. The van der Waals surface area contributed by atoms with Gasteiger partial charge in [-0.1, -0.05) is 79.1 Å². The molecule has 0 fully saturated rings. The van der Waals surface area contributed by atoms with Crippen molar-refractivity contribution in [3.8, 4) is 0 Å². The Kier molecular flexibility index (Phi) is 24.0. The summed E-state index contributed by atoms with van der Waals surface area (Å²) in [5.41, 5.74) is 0. The Balaban J connectivity index is 0.00000150. The quantitative estimate of drug-likeness (QED) is 0.0718. The molecule has 3 heteroatoms. The molecule has 0 saturated carbocycles. The molecular formula is C30H52P2Ru-6. The van der Waals surface area contributed by atoms with Crippen LogP contribution in [-0.4, -0.2) is 24.6 Å². The van der Waals surface area contributed by atoms with Crippen molar-refractivity contribution >= 4 is 26.5 Å². The van der Waals surface area contributed by atoms with Crippen LogP contribution in [0.4, 0.5) is 0 Å². The first-order chi connectivity index (χ1) is 15.8. The summed E-state index contributed by atoms with van der Waals surface area (Å²) >= 11 is 0. The summed E-state index contributed by atoms with van der Waals surface area (Å²) in [5, 5.41) is 3.66. The molecule has 2 rings (SSSR count). The Bertz CT molecular complexity index is 529. The number of hydrogen-bond acceptors (Lipinski definition) is 0. The minimum atomic E-state index is 0. The fraction of sp³-hybridized carbons (Fsp3) is 0.667. The topological polar surface area (TPSA) is 0 Å². The number of unbranched alkanes of at least 4 members (excludes halogenated alkanes) is 8. The third kappa shape index (κ3) is 15.7. The van der Waals surface area contributed by atoms with Crippen LogP contribution >= 0.6 is 15.8 Å². The Labute approximate surface area is 223 Å². The summed E-state index contributed by atoms with van der Waals surface area (Å²) in [5.74, 6) is 0. The Morgan fingerprint density at radius 1 is 0.606 bits per heavy atom. The average molecular weight is 576 g/mol. The van der Waals surface area contributed by atoms with E-state index < -0.39 is 0 Å². The molecule has 0 spiro atoms. The predicted octanol–water partition coefficient (Wildman–Crippen LogP) is 9.78. The summed E-state index contributed by atoms with van der Waals surface area (Å²) in [6.07, 6.45) is 22.8. The standard InChI is InChI=1S/C25H47P2.C5H5.Ru/c1-5-9-13-20-26(21-14-10-6-2)24-18-17-19-25(24)27(22-15-11-7-3)23-16-12-8-4;1-2-4-5-3-1;/h17-19H,5-16,20-23H2,1-4H3;1-5H;/q-1;-5;. The molecule has 0 aliphatic carbocycles. The van der Waals surface area contributed by atoms with Gasteiger partial charge in [0.25, 0.3) is 0 Å². The van der Waals surface area contributed by atoms with Gasteiger partial charge in [-0.2, -0.15) is 6.07 Å². The van der Waals surface area contributed by atoms with E-state index in [0.717, 1.165) is 0 Å². The van der Waals surface area contributed by atoms with E-state index in [-0.39, 0.29) is 35.3 Å². The smallest absolute Gasteiger partial charge is 0 e. The first kappa shape index (κ1) is 33.2. The molecular weight excluding hydrogens is 523 g/mol. The van der Waals surface area contributed by atoms with Gasteiger partial charge in [-0.05, 0) is 50.3 Å². The van der Waals surface area contributed by atoms with Crippen molar-refractivity contribution in [2.45, 2.75) is 105 Å². The van der Waals surface area contributed by atoms with Crippen LogP contribution < -0.4 is 10.6 Å². The van der Waals surface area contributed by atoms with Gasteiger partial charge in [0.2, 0.25) is 0 Å². The van der Waals surface area contributed by atoms with Gasteiger partial charge >= 0.3 is 0 Å². The van der Waals surface area contributed by atoms with Crippen LogP contribution in [0, 0.1) is 0 Å². The summed E-state index contributed by atoms with van der Waals surface area (Å²) in [6.45, 7) is 9.37. The zero-order chi connectivity index (χ0) is 23.3. The third-order valence-corrected chi connectivity index (χ3v) is 11.9. The molecule has 33 heavy (non-hydrogen) atoms. The molecule has 0 radical (unpaired) electrons. The minimum absolute atomic E-state index is 0. The molecule has 0 N–H and O–H groups in total. The van der Waals surface area contributed by atoms with Crippen molar-refractivity contribution < 1.29 is 19.5 Å². The van der Waals surface area contributed by atoms with Crippen LogP contribution in [0.25, 0.3) is 0 Å². The van der Waals surface area contributed by atoms with Crippen LogP contribution in [0.1, 0.15) is 105 Å². The second-order valence-electron chi connectivity index (χ2n) is 9.06. The van der Waals surface area contributed by atoms with Crippen molar-refractivity contribution in [2.75, 3.05) is 24.6 Å². The van der Waals surface area contributed by atoms with Crippen molar-refractivity contribution in [1.82, 2.24) is 0 Å². The molecule has 0 unspecified atom stereocenters.